The van der Waals surface area contributed by atoms with E-state index in [9.17, 15) is 19.2 Å². The summed E-state index contributed by atoms with van der Waals surface area (Å²) >= 11 is 0. The third-order valence-corrected chi connectivity index (χ3v) is 11.4. The Labute approximate surface area is 367 Å². The number of benzene rings is 5. The van der Waals surface area contributed by atoms with E-state index in [2.05, 4.69) is 22.3 Å². The molecule has 0 aliphatic carbocycles. The molecule has 0 bridgehead atoms. The quantitative estimate of drug-likeness (QED) is 0.135. The molecule has 0 spiro atoms. The molecule has 11 nitrogen and oxygen atoms in total. The van der Waals surface area contributed by atoms with E-state index in [-0.39, 0.29) is 43.3 Å². The van der Waals surface area contributed by atoms with E-state index in [0.717, 1.165) is 35.9 Å². The lowest BCUT2D eigenvalue weighted by atomic mass is 9.90. The van der Waals surface area contributed by atoms with Gasteiger partial charge in [-0.25, -0.2) is 9.59 Å². The topological polar surface area (TPSA) is 129 Å². The predicted molar refractivity (Wildman–Crippen MR) is 243 cm³/mol. The molecule has 11 heteroatoms. The highest BCUT2D eigenvalue weighted by atomic mass is 16.5. The Morgan fingerprint density at radius 1 is 0.597 bits per heavy atom. The van der Waals surface area contributed by atoms with Gasteiger partial charge in [0.15, 0.2) is 0 Å². The lowest BCUT2D eigenvalue weighted by Gasteiger charge is -2.29. The van der Waals surface area contributed by atoms with Crippen molar-refractivity contribution in [3.05, 3.63) is 179 Å². The van der Waals surface area contributed by atoms with Gasteiger partial charge in [-0.05, 0) is 54.8 Å². The monoisotopic (exact) mass is 842 g/mol. The number of nitrogens with one attached hydrogen (secondary N) is 1. The minimum Gasteiger partial charge on any atom is -0.467 e. The minimum atomic E-state index is -0.597. The maximum atomic E-state index is 14.0. The normalized spacial score (nSPS) is 17.9. The van der Waals surface area contributed by atoms with Crippen LogP contribution < -0.4 is 5.32 Å². The lowest BCUT2D eigenvalue weighted by molar-refractivity contribution is -0.151. The summed E-state index contributed by atoms with van der Waals surface area (Å²) in [5.41, 5.74) is 4.86. The molecule has 0 aromatic heterocycles. The van der Waals surface area contributed by atoms with Gasteiger partial charge >= 0.3 is 11.9 Å². The molecule has 2 saturated heterocycles. The van der Waals surface area contributed by atoms with Crippen molar-refractivity contribution in [2.45, 2.75) is 62.8 Å². The van der Waals surface area contributed by atoms with Crippen LogP contribution in [0.2, 0.25) is 0 Å². The van der Waals surface area contributed by atoms with E-state index in [1.54, 1.807) is 9.80 Å². The van der Waals surface area contributed by atoms with Crippen LogP contribution in [-0.4, -0.2) is 116 Å². The number of carbonyl (C=O) groups excluding carboxylic acids is 4. The second-order valence-electron chi connectivity index (χ2n) is 15.1. The van der Waals surface area contributed by atoms with Crippen molar-refractivity contribution in [2.75, 3.05) is 48.5 Å². The number of amides is 2. The standard InChI is InChI=1S/C28H30N2O3.C21H24N2O3.CH4O.CH4/c1-29(19-21-12-6-3-7-13-21)24-18-25(28(32)33-2)30(20-24)27(31)26(22-14-8-4-9-15-22)23-16-10-5-11-17-23;1-22-17-13-18(21(25)26-2)23(14-17)20(24)19(15-9-5-3-6-10-15)16-11-7-4-8-12-16;1-2;/h3-17,24-26H,18-20H2,1-2H3;3-12,17-19,22H,13-14H2,1-2H3;2H,1H3;1H4/t24-,25-;17-,18-;;/m00../s1. The summed E-state index contributed by atoms with van der Waals surface area (Å²) in [6.45, 7) is 1.73. The number of aliphatic hydroxyl groups excluding tert-OH is 1. The predicted octanol–water partition coefficient (Wildman–Crippen LogP) is 6.52. The summed E-state index contributed by atoms with van der Waals surface area (Å²) in [5, 5.41) is 10.2. The average molecular weight is 843 g/mol. The van der Waals surface area contributed by atoms with Gasteiger partial charge in [-0.2, -0.15) is 0 Å². The summed E-state index contributed by atoms with van der Waals surface area (Å²) in [7, 11) is 7.64. The summed E-state index contributed by atoms with van der Waals surface area (Å²) in [5.74, 6) is -1.79. The highest BCUT2D eigenvalue weighted by Gasteiger charge is 2.45. The molecule has 0 radical (unpaired) electrons. The number of aliphatic hydroxyl groups is 1. The molecule has 328 valence electrons. The Kier molecular flexibility index (Phi) is 19.1. The molecule has 2 amide bonds. The van der Waals surface area contributed by atoms with Crippen molar-refractivity contribution in [1.29, 1.82) is 0 Å². The van der Waals surface area contributed by atoms with E-state index in [1.165, 1.54) is 19.8 Å². The fourth-order valence-electron chi connectivity index (χ4n) is 8.25. The van der Waals surface area contributed by atoms with E-state index >= 15 is 0 Å². The van der Waals surface area contributed by atoms with Gasteiger partial charge in [0.05, 0.1) is 26.1 Å². The molecule has 0 saturated carbocycles. The second kappa shape index (κ2) is 24.3. The van der Waals surface area contributed by atoms with Crippen LogP contribution in [0.25, 0.3) is 0 Å². The molecule has 2 fully saturated rings. The molecule has 0 unspecified atom stereocenters. The average Bonchev–Trinajstić information content (AvgIpc) is 3.98. The molecule has 5 aromatic carbocycles. The first-order valence-corrected chi connectivity index (χ1v) is 20.6. The fraction of sp³-hybridized carbons (Fsp3) is 0.333. The van der Waals surface area contributed by atoms with E-state index in [1.807, 2.05) is 154 Å². The van der Waals surface area contributed by atoms with Gasteiger partial charge < -0.3 is 29.7 Å². The highest BCUT2D eigenvalue weighted by molar-refractivity contribution is 5.92. The summed E-state index contributed by atoms with van der Waals surface area (Å²) in [6.07, 6.45) is 1.11. The van der Waals surface area contributed by atoms with Crippen molar-refractivity contribution in [1.82, 2.24) is 20.0 Å². The van der Waals surface area contributed by atoms with Crippen LogP contribution >= 0.6 is 0 Å². The van der Waals surface area contributed by atoms with Gasteiger partial charge in [0.25, 0.3) is 0 Å². The highest BCUT2D eigenvalue weighted by Crippen LogP contribution is 2.33. The fourth-order valence-corrected chi connectivity index (χ4v) is 8.25. The third-order valence-electron chi connectivity index (χ3n) is 11.4. The maximum Gasteiger partial charge on any atom is 0.328 e. The molecule has 62 heavy (non-hydrogen) atoms. The van der Waals surface area contributed by atoms with Crippen LogP contribution in [0.3, 0.4) is 0 Å². The SMILES string of the molecule is C.CN[C@H]1C[C@@H](C(=O)OC)N(C(=O)C(c2ccccc2)c2ccccc2)C1.CO.COC(=O)[C@@H]1C[C@H](N(C)Cc2ccccc2)CN1C(=O)C(c1ccccc1)c1ccccc1. The molecule has 2 aliphatic rings. The largest absolute Gasteiger partial charge is 0.467 e. The summed E-state index contributed by atoms with van der Waals surface area (Å²) in [6, 6.07) is 48.1. The Morgan fingerprint density at radius 3 is 1.29 bits per heavy atom. The van der Waals surface area contributed by atoms with E-state index in [0.29, 0.717) is 25.9 Å². The zero-order valence-corrected chi connectivity index (χ0v) is 35.7. The summed E-state index contributed by atoms with van der Waals surface area (Å²) < 4.78 is 10.0. The number of nitrogens with zero attached hydrogens (tertiary/aromatic N) is 3. The molecule has 5 aromatic rings. The number of hydrogen-bond donors (Lipinski definition) is 2. The number of likely N-dealkylation sites (tertiary alicyclic amines) is 2. The molecular weight excluding hydrogens is 781 g/mol. The molecular formula is C51H62N4O7. The number of hydrogen-bond acceptors (Lipinski definition) is 9. The van der Waals surface area contributed by atoms with Crippen LogP contribution in [0.4, 0.5) is 0 Å². The summed E-state index contributed by atoms with van der Waals surface area (Å²) in [4.78, 5) is 58.1. The number of methoxy groups -OCH3 is 2. The van der Waals surface area contributed by atoms with E-state index in [4.69, 9.17) is 14.6 Å². The van der Waals surface area contributed by atoms with Gasteiger partial charge in [0.1, 0.15) is 12.1 Å². The van der Waals surface area contributed by atoms with Crippen molar-refractivity contribution in [3.63, 3.8) is 0 Å². The number of esters is 2. The van der Waals surface area contributed by atoms with Gasteiger partial charge in [0, 0.05) is 38.8 Å². The Morgan fingerprint density at radius 2 is 0.935 bits per heavy atom. The van der Waals surface area contributed by atoms with Crippen molar-refractivity contribution in [3.8, 4) is 0 Å². The van der Waals surface area contributed by atoms with Crippen molar-refractivity contribution in [2.24, 2.45) is 0 Å². The van der Waals surface area contributed by atoms with Crippen LogP contribution in [-0.2, 0) is 35.2 Å². The van der Waals surface area contributed by atoms with Crippen LogP contribution in [0.15, 0.2) is 152 Å². The molecule has 2 heterocycles. The maximum absolute atomic E-state index is 14.0. The first kappa shape index (κ1) is 48.5. The number of likely N-dealkylation sites (N-methyl/N-ethyl adjacent to an activating group) is 2. The Bertz CT molecular complexity index is 2030. The van der Waals surface area contributed by atoms with Crippen molar-refractivity contribution >= 4 is 23.8 Å². The number of carbonyl (C=O) groups is 4. The molecule has 2 N–H and O–H groups in total. The minimum absolute atomic E-state index is 0. The van der Waals surface area contributed by atoms with Crippen LogP contribution in [0.5, 0.6) is 0 Å². The molecule has 2 aliphatic heterocycles. The van der Waals surface area contributed by atoms with Crippen LogP contribution in [0, 0.1) is 0 Å². The zero-order valence-electron chi connectivity index (χ0n) is 35.7. The van der Waals surface area contributed by atoms with Crippen LogP contribution in [0.1, 0.15) is 59.9 Å². The van der Waals surface area contributed by atoms with Gasteiger partial charge in [-0.15, -0.1) is 0 Å². The number of rotatable bonds is 12. The van der Waals surface area contributed by atoms with Gasteiger partial charge in [-0.1, -0.05) is 159 Å². The van der Waals surface area contributed by atoms with Crippen molar-refractivity contribution < 1.29 is 33.8 Å². The van der Waals surface area contributed by atoms with Gasteiger partial charge in [-0.3, -0.25) is 14.5 Å². The third kappa shape index (κ3) is 12.0. The van der Waals surface area contributed by atoms with Gasteiger partial charge in [0.2, 0.25) is 11.8 Å². The number of ether oxygens (including phenoxy) is 2. The van der Waals surface area contributed by atoms with E-state index < -0.39 is 23.9 Å². The smallest absolute Gasteiger partial charge is 0.328 e. The zero-order chi connectivity index (χ0) is 43.7. The molecule has 7 rings (SSSR count). The Hall–Kier alpha value is -6.14. The lowest BCUT2D eigenvalue weighted by Crippen LogP contribution is -2.44. The Balaban J connectivity index is 0.000000265. The molecule has 4 atom stereocenters. The first-order valence-electron chi connectivity index (χ1n) is 20.6. The first-order chi connectivity index (χ1) is 29.7. The second-order valence-corrected chi connectivity index (χ2v) is 15.1.